The molecule has 1 saturated heterocycles. The molecule has 0 N–H and O–H groups in total. The lowest BCUT2D eigenvalue weighted by Crippen LogP contribution is -2.39. The van der Waals surface area contributed by atoms with Crippen LogP contribution in [-0.4, -0.2) is 41.2 Å². The van der Waals surface area contributed by atoms with Gasteiger partial charge in [-0.3, -0.25) is 0 Å². The SMILES string of the molecule is Cc1cccc(OCCc2noc(C3CCCCN3S(=O)(=O)c3c(C)noc3C)n2)c1. The molecule has 0 amide bonds. The van der Waals surface area contributed by atoms with E-state index < -0.39 is 16.1 Å². The molecule has 1 aliphatic heterocycles. The number of rotatable bonds is 7. The number of ether oxygens (including phenoxy) is 1. The minimum absolute atomic E-state index is 0.116. The first-order valence-electron chi connectivity index (χ1n) is 10.3. The normalized spacial score (nSPS) is 17.7. The van der Waals surface area contributed by atoms with Crippen molar-refractivity contribution in [2.24, 2.45) is 0 Å². The molecule has 0 spiro atoms. The Morgan fingerprint density at radius 3 is 2.74 bits per heavy atom. The Hall–Kier alpha value is -2.72. The summed E-state index contributed by atoms with van der Waals surface area (Å²) >= 11 is 0. The summed E-state index contributed by atoms with van der Waals surface area (Å²) in [5.41, 5.74) is 1.47. The summed E-state index contributed by atoms with van der Waals surface area (Å²) in [5.74, 6) is 1.86. The highest BCUT2D eigenvalue weighted by atomic mass is 32.2. The van der Waals surface area contributed by atoms with Gasteiger partial charge in [0.25, 0.3) is 0 Å². The molecule has 2 aromatic heterocycles. The number of aryl methyl sites for hydroxylation is 3. The van der Waals surface area contributed by atoms with E-state index in [1.54, 1.807) is 13.8 Å². The average Bonchev–Trinajstić information content (AvgIpc) is 3.34. The first-order chi connectivity index (χ1) is 14.9. The first kappa shape index (κ1) is 21.5. The van der Waals surface area contributed by atoms with E-state index >= 15 is 0 Å². The quantitative estimate of drug-likeness (QED) is 0.542. The summed E-state index contributed by atoms with van der Waals surface area (Å²) < 4.78 is 44.4. The molecule has 1 atom stereocenters. The predicted octanol–water partition coefficient (Wildman–Crippen LogP) is 3.52. The summed E-state index contributed by atoms with van der Waals surface area (Å²) in [7, 11) is -3.80. The van der Waals surface area contributed by atoms with Gasteiger partial charge in [0, 0.05) is 13.0 Å². The molecule has 3 aromatic rings. The second kappa shape index (κ2) is 8.80. The molecule has 10 heteroatoms. The molecule has 0 aliphatic carbocycles. The Labute approximate surface area is 181 Å². The Morgan fingerprint density at radius 1 is 1.16 bits per heavy atom. The summed E-state index contributed by atoms with van der Waals surface area (Å²) in [5, 5.41) is 7.83. The van der Waals surface area contributed by atoms with Crippen LogP contribution in [0.15, 0.2) is 38.2 Å². The van der Waals surface area contributed by atoms with Crippen LogP contribution in [0.4, 0.5) is 0 Å². The molecule has 0 saturated carbocycles. The van der Waals surface area contributed by atoms with Gasteiger partial charge in [-0.25, -0.2) is 8.42 Å². The third-order valence-electron chi connectivity index (χ3n) is 5.34. The zero-order chi connectivity index (χ0) is 22.0. The fourth-order valence-electron chi connectivity index (χ4n) is 3.87. The van der Waals surface area contributed by atoms with Crippen molar-refractivity contribution in [2.75, 3.05) is 13.2 Å². The Bertz CT molecular complexity index is 1130. The van der Waals surface area contributed by atoms with Crippen LogP contribution in [0.1, 0.15) is 54.0 Å². The van der Waals surface area contributed by atoms with Crippen molar-refractivity contribution in [3.63, 3.8) is 0 Å². The highest BCUT2D eigenvalue weighted by Gasteiger charge is 2.40. The minimum atomic E-state index is -3.80. The van der Waals surface area contributed by atoms with Crippen molar-refractivity contribution in [2.45, 2.75) is 57.4 Å². The van der Waals surface area contributed by atoms with E-state index in [4.69, 9.17) is 13.8 Å². The van der Waals surface area contributed by atoms with Gasteiger partial charge in [0.15, 0.2) is 11.6 Å². The molecule has 0 radical (unpaired) electrons. The highest BCUT2D eigenvalue weighted by molar-refractivity contribution is 7.89. The maximum absolute atomic E-state index is 13.4. The van der Waals surface area contributed by atoms with Gasteiger partial charge in [0.05, 0.1) is 6.61 Å². The van der Waals surface area contributed by atoms with Crippen molar-refractivity contribution in [3.8, 4) is 5.75 Å². The number of benzene rings is 1. The Kier molecular flexibility index (Phi) is 6.10. The standard InChI is InChI=1S/C21H26N4O5S/c1-14-7-6-8-17(13-14)28-12-10-19-22-21(30-24-19)18-9-4-5-11-25(18)31(26,27)20-15(2)23-29-16(20)3/h6-8,13,18H,4-5,9-12H2,1-3H3. The second-order valence-electron chi connectivity index (χ2n) is 7.74. The third-order valence-corrected chi connectivity index (χ3v) is 7.49. The van der Waals surface area contributed by atoms with Crippen LogP contribution in [0, 0.1) is 20.8 Å². The zero-order valence-electron chi connectivity index (χ0n) is 17.9. The molecular weight excluding hydrogens is 420 g/mol. The summed E-state index contributed by atoms with van der Waals surface area (Å²) in [6, 6.07) is 7.29. The van der Waals surface area contributed by atoms with Gasteiger partial charge in [0.1, 0.15) is 22.4 Å². The van der Waals surface area contributed by atoms with Crippen molar-refractivity contribution in [1.82, 2.24) is 19.6 Å². The van der Waals surface area contributed by atoms with Crippen LogP contribution >= 0.6 is 0 Å². The van der Waals surface area contributed by atoms with E-state index in [0.717, 1.165) is 24.2 Å². The molecule has 1 aliphatic rings. The lowest BCUT2D eigenvalue weighted by molar-refractivity contribution is 0.204. The minimum Gasteiger partial charge on any atom is -0.493 e. The van der Waals surface area contributed by atoms with Crippen molar-refractivity contribution in [1.29, 1.82) is 0 Å². The molecule has 1 aromatic carbocycles. The average molecular weight is 447 g/mol. The molecule has 0 bridgehead atoms. The van der Waals surface area contributed by atoms with Gasteiger partial charge in [0.2, 0.25) is 15.9 Å². The van der Waals surface area contributed by atoms with E-state index in [-0.39, 0.29) is 10.7 Å². The molecule has 1 fully saturated rings. The topological polar surface area (TPSA) is 112 Å². The number of nitrogens with zero attached hydrogens (tertiary/aromatic N) is 4. The van der Waals surface area contributed by atoms with Gasteiger partial charge in [-0.05, 0) is 51.3 Å². The predicted molar refractivity (Wildman–Crippen MR) is 111 cm³/mol. The molecule has 166 valence electrons. The number of hydrogen-bond donors (Lipinski definition) is 0. The third kappa shape index (κ3) is 4.49. The Balaban J connectivity index is 1.48. The van der Waals surface area contributed by atoms with Crippen LogP contribution < -0.4 is 4.74 Å². The van der Waals surface area contributed by atoms with E-state index in [0.29, 0.717) is 43.4 Å². The molecular formula is C21H26N4O5S. The molecule has 3 heterocycles. The van der Waals surface area contributed by atoms with E-state index in [2.05, 4.69) is 15.3 Å². The van der Waals surface area contributed by atoms with Crippen LogP contribution in [0.3, 0.4) is 0 Å². The van der Waals surface area contributed by atoms with Gasteiger partial charge in [-0.15, -0.1) is 0 Å². The maximum Gasteiger partial charge on any atom is 0.249 e. The number of aromatic nitrogens is 3. The second-order valence-corrected chi connectivity index (χ2v) is 9.57. The van der Waals surface area contributed by atoms with Crippen LogP contribution in [-0.2, 0) is 16.4 Å². The van der Waals surface area contributed by atoms with Crippen LogP contribution in [0.5, 0.6) is 5.75 Å². The van der Waals surface area contributed by atoms with Gasteiger partial charge >= 0.3 is 0 Å². The number of sulfonamides is 1. The van der Waals surface area contributed by atoms with Gasteiger partial charge in [-0.2, -0.15) is 9.29 Å². The van der Waals surface area contributed by atoms with Crippen LogP contribution in [0.25, 0.3) is 0 Å². The smallest absolute Gasteiger partial charge is 0.249 e. The van der Waals surface area contributed by atoms with E-state index in [1.807, 2.05) is 31.2 Å². The summed E-state index contributed by atoms with van der Waals surface area (Å²) in [6.45, 7) is 6.01. The van der Waals surface area contributed by atoms with Crippen molar-refractivity contribution in [3.05, 3.63) is 53.0 Å². The number of hydrogen-bond acceptors (Lipinski definition) is 8. The van der Waals surface area contributed by atoms with Crippen molar-refractivity contribution < 1.29 is 22.2 Å². The Morgan fingerprint density at radius 2 is 2.00 bits per heavy atom. The highest BCUT2D eigenvalue weighted by Crippen LogP contribution is 2.36. The number of piperidine rings is 1. The molecule has 4 rings (SSSR count). The largest absolute Gasteiger partial charge is 0.493 e. The monoisotopic (exact) mass is 446 g/mol. The molecule has 31 heavy (non-hydrogen) atoms. The lowest BCUT2D eigenvalue weighted by atomic mass is 10.1. The molecule has 1 unspecified atom stereocenters. The zero-order valence-corrected chi connectivity index (χ0v) is 18.7. The van der Waals surface area contributed by atoms with Gasteiger partial charge in [-0.1, -0.05) is 28.9 Å². The fraction of sp³-hybridized carbons (Fsp3) is 0.476. The van der Waals surface area contributed by atoms with Crippen molar-refractivity contribution >= 4 is 10.0 Å². The molecule has 9 nitrogen and oxygen atoms in total. The van der Waals surface area contributed by atoms with E-state index in [9.17, 15) is 8.42 Å². The first-order valence-corrected chi connectivity index (χ1v) is 11.8. The van der Waals surface area contributed by atoms with Crippen LogP contribution in [0.2, 0.25) is 0 Å². The fourth-order valence-corrected chi connectivity index (χ4v) is 5.81. The van der Waals surface area contributed by atoms with E-state index in [1.165, 1.54) is 4.31 Å². The summed E-state index contributed by atoms with van der Waals surface area (Å²) in [6.07, 6.45) is 2.72. The summed E-state index contributed by atoms with van der Waals surface area (Å²) in [4.78, 5) is 4.59. The maximum atomic E-state index is 13.4. The lowest BCUT2D eigenvalue weighted by Gasteiger charge is -2.32. The van der Waals surface area contributed by atoms with Gasteiger partial charge < -0.3 is 13.8 Å².